The maximum Gasteiger partial charge on any atom is 0.292 e. The van der Waals surface area contributed by atoms with Crippen LogP contribution in [0.1, 0.15) is 32.1 Å². The Morgan fingerprint density at radius 2 is 2.14 bits per heavy atom. The summed E-state index contributed by atoms with van der Waals surface area (Å²) in [5.74, 6) is 0.262. The molecule has 0 saturated carbocycles. The normalized spacial score (nSPS) is 24.2. The largest absolute Gasteiger partial charge is 0.379 e. The van der Waals surface area contributed by atoms with Crippen molar-refractivity contribution in [3.63, 3.8) is 0 Å². The summed E-state index contributed by atoms with van der Waals surface area (Å²) >= 11 is 0. The molecule has 1 atom stereocenters. The molecule has 3 rings (SSSR count). The number of hydrogen-bond donors (Lipinski definition) is 1. The van der Waals surface area contributed by atoms with Gasteiger partial charge in [0.05, 0.1) is 4.92 Å². The third-order valence-electron chi connectivity index (χ3n) is 4.71. The van der Waals surface area contributed by atoms with Crippen LogP contribution in [0.25, 0.3) is 0 Å². The molecule has 1 N–H and O–H groups in total. The summed E-state index contributed by atoms with van der Waals surface area (Å²) in [5, 5.41) is 14.1. The van der Waals surface area contributed by atoms with Crippen molar-refractivity contribution >= 4 is 17.3 Å². The predicted molar refractivity (Wildman–Crippen MR) is 79.1 cm³/mol. The van der Waals surface area contributed by atoms with Crippen molar-refractivity contribution in [1.82, 2.24) is 4.90 Å². The molecule has 0 bridgehead atoms. The van der Waals surface area contributed by atoms with Gasteiger partial charge in [-0.25, -0.2) is 0 Å². The summed E-state index contributed by atoms with van der Waals surface area (Å²) in [6.45, 7) is 1.51. The van der Waals surface area contributed by atoms with Crippen LogP contribution in [0.15, 0.2) is 24.3 Å². The van der Waals surface area contributed by atoms with E-state index in [1.54, 1.807) is 18.2 Å². The molecule has 1 aromatic rings. The first-order chi connectivity index (χ1) is 10.1. The van der Waals surface area contributed by atoms with Crippen LogP contribution >= 0.6 is 0 Å². The second-order valence-electron chi connectivity index (χ2n) is 5.82. The molecule has 6 heteroatoms. The van der Waals surface area contributed by atoms with Gasteiger partial charge in [0, 0.05) is 31.1 Å². The molecule has 2 saturated heterocycles. The van der Waals surface area contributed by atoms with E-state index in [2.05, 4.69) is 5.32 Å². The molecule has 112 valence electrons. The lowest BCUT2D eigenvalue weighted by Crippen LogP contribution is -2.41. The van der Waals surface area contributed by atoms with Crippen molar-refractivity contribution in [2.75, 3.05) is 18.4 Å². The highest BCUT2D eigenvalue weighted by Crippen LogP contribution is 2.42. The highest BCUT2D eigenvalue weighted by molar-refractivity contribution is 5.80. The van der Waals surface area contributed by atoms with Crippen molar-refractivity contribution < 1.29 is 9.72 Å². The zero-order valence-electron chi connectivity index (χ0n) is 11.9. The Morgan fingerprint density at radius 1 is 1.33 bits per heavy atom. The molecule has 2 aliphatic heterocycles. The molecule has 2 fully saturated rings. The van der Waals surface area contributed by atoms with Gasteiger partial charge in [0.1, 0.15) is 5.69 Å². The van der Waals surface area contributed by atoms with E-state index in [1.807, 2.05) is 4.90 Å². The molecule has 0 aromatic heterocycles. The number of nitrogens with zero attached hydrogens (tertiary/aromatic N) is 2. The van der Waals surface area contributed by atoms with Crippen LogP contribution < -0.4 is 5.32 Å². The summed E-state index contributed by atoms with van der Waals surface area (Å²) in [7, 11) is 0. The minimum Gasteiger partial charge on any atom is -0.379 e. The number of nitro groups is 1. The van der Waals surface area contributed by atoms with E-state index in [0.717, 1.165) is 32.2 Å². The highest BCUT2D eigenvalue weighted by Gasteiger charge is 2.47. The van der Waals surface area contributed by atoms with E-state index in [4.69, 9.17) is 0 Å². The first-order valence-corrected chi connectivity index (χ1v) is 7.40. The van der Waals surface area contributed by atoms with Crippen LogP contribution in [-0.2, 0) is 4.79 Å². The lowest BCUT2D eigenvalue weighted by Gasteiger charge is -2.32. The van der Waals surface area contributed by atoms with Crippen molar-refractivity contribution in [1.29, 1.82) is 0 Å². The van der Waals surface area contributed by atoms with Gasteiger partial charge in [-0.3, -0.25) is 14.9 Å². The third kappa shape index (κ3) is 2.46. The number of amides is 1. The number of anilines is 1. The molecule has 21 heavy (non-hydrogen) atoms. The number of rotatable bonds is 5. The summed E-state index contributed by atoms with van der Waals surface area (Å²) in [6.07, 6.45) is 4.54. The van der Waals surface area contributed by atoms with Gasteiger partial charge in [-0.1, -0.05) is 12.1 Å². The molecule has 0 spiro atoms. The van der Waals surface area contributed by atoms with Crippen molar-refractivity contribution in [2.24, 2.45) is 0 Å². The third-order valence-corrected chi connectivity index (χ3v) is 4.71. The number of carbonyl (C=O) groups excluding carboxylic acids is 1. The van der Waals surface area contributed by atoms with Gasteiger partial charge in [0.25, 0.3) is 5.69 Å². The molecule has 1 unspecified atom stereocenters. The number of carbonyl (C=O) groups is 1. The minimum atomic E-state index is -0.373. The maximum atomic E-state index is 11.9. The fraction of sp³-hybridized carbons (Fsp3) is 0.533. The molecule has 0 radical (unpaired) electrons. The highest BCUT2D eigenvalue weighted by atomic mass is 16.6. The molecule has 2 heterocycles. The number of nitrogens with one attached hydrogen (secondary N) is 1. The van der Waals surface area contributed by atoms with Crippen LogP contribution in [0.4, 0.5) is 11.4 Å². The standard InChI is InChI=1S/C15H19N3O3/c19-14-6-8-15(7-3-11-17(14)15)9-10-16-12-4-1-2-5-13(12)18(20)21/h1-2,4-5,16H,3,6-11H2. The van der Waals surface area contributed by atoms with E-state index >= 15 is 0 Å². The van der Waals surface area contributed by atoms with Gasteiger partial charge in [0.15, 0.2) is 0 Å². The SMILES string of the molecule is O=C1CCC2(CCNc3ccccc3[N+](=O)[O-])CCCN12. The second kappa shape index (κ2) is 5.35. The van der Waals surface area contributed by atoms with Gasteiger partial charge in [-0.15, -0.1) is 0 Å². The van der Waals surface area contributed by atoms with Crippen LogP contribution in [-0.4, -0.2) is 34.4 Å². The number of nitro benzene ring substituents is 1. The quantitative estimate of drug-likeness (QED) is 0.667. The first-order valence-electron chi connectivity index (χ1n) is 7.40. The second-order valence-corrected chi connectivity index (χ2v) is 5.82. The van der Waals surface area contributed by atoms with Crippen molar-refractivity contribution in [2.45, 2.75) is 37.6 Å². The van der Waals surface area contributed by atoms with Gasteiger partial charge in [-0.2, -0.15) is 0 Å². The molecular weight excluding hydrogens is 270 g/mol. The van der Waals surface area contributed by atoms with Crippen molar-refractivity contribution in [3.05, 3.63) is 34.4 Å². The monoisotopic (exact) mass is 289 g/mol. The van der Waals surface area contributed by atoms with E-state index in [9.17, 15) is 14.9 Å². The molecule has 1 amide bonds. The van der Waals surface area contributed by atoms with Crippen LogP contribution in [0, 0.1) is 10.1 Å². The van der Waals surface area contributed by atoms with Crippen molar-refractivity contribution in [3.8, 4) is 0 Å². The van der Waals surface area contributed by atoms with E-state index in [0.29, 0.717) is 18.7 Å². The Bertz CT molecular complexity index is 575. The molecule has 1 aromatic carbocycles. The van der Waals surface area contributed by atoms with E-state index < -0.39 is 0 Å². The fourth-order valence-electron chi connectivity index (χ4n) is 3.66. The number of benzene rings is 1. The predicted octanol–water partition coefficient (Wildman–Crippen LogP) is 2.55. The summed E-state index contributed by atoms with van der Waals surface area (Å²) in [4.78, 5) is 24.5. The zero-order valence-corrected chi connectivity index (χ0v) is 11.9. The Balaban J connectivity index is 1.64. The minimum absolute atomic E-state index is 0.00631. The maximum absolute atomic E-state index is 11.9. The molecule has 0 aliphatic carbocycles. The average molecular weight is 289 g/mol. The Labute approximate surface area is 123 Å². The Hall–Kier alpha value is -2.11. The summed E-state index contributed by atoms with van der Waals surface area (Å²) in [6, 6.07) is 6.68. The summed E-state index contributed by atoms with van der Waals surface area (Å²) in [5.41, 5.74) is 0.640. The Morgan fingerprint density at radius 3 is 2.95 bits per heavy atom. The van der Waals surface area contributed by atoms with Crippen LogP contribution in [0.5, 0.6) is 0 Å². The smallest absolute Gasteiger partial charge is 0.292 e. The van der Waals surface area contributed by atoms with Gasteiger partial charge >= 0.3 is 0 Å². The van der Waals surface area contributed by atoms with Gasteiger partial charge in [-0.05, 0) is 31.7 Å². The number of hydrogen-bond acceptors (Lipinski definition) is 4. The van der Waals surface area contributed by atoms with Gasteiger partial charge in [0.2, 0.25) is 5.91 Å². The number of fused-ring (bicyclic) bond motifs is 1. The average Bonchev–Trinajstić information content (AvgIpc) is 3.01. The fourth-order valence-corrected chi connectivity index (χ4v) is 3.66. The number of para-hydroxylation sites is 2. The lowest BCUT2D eigenvalue weighted by atomic mass is 9.90. The molecule has 2 aliphatic rings. The first kappa shape index (κ1) is 13.9. The van der Waals surface area contributed by atoms with Crippen LogP contribution in [0.2, 0.25) is 0 Å². The molecular formula is C15H19N3O3. The molecule has 6 nitrogen and oxygen atoms in total. The van der Waals surface area contributed by atoms with E-state index in [-0.39, 0.29) is 22.1 Å². The van der Waals surface area contributed by atoms with Crippen LogP contribution in [0.3, 0.4) is 0 Å². The van der Waals surface area contributed by atoms with Gasteiger partial charge < -0.3 is 10.2 Å². The zero-order chi connectivity index (χ0) is 14.9. The summed E-state index contributed by atoms with van der Waals surface area (Å²) < 4.78 is 0. The van der Waals surface area contributed by atoms with E-state index in [1.165, 1.54) is 6.07 Å². The lowest BCUT2D eigenvalue weighted by molar-refractivity contribution is -0.384. The topological polar surface area (TPSA) is 75.5 Å². The Kier molecular flexibility index (Phi) is 3.53.